The first-order valence-electron chi connectivity index (χ1n) is 7.74. The highest BCUT2D eigenvalue weighted by atomic mass is 127. The summed E-state index contributed by atoms with van der Waals surface area (Å²) < 4.78 is 23.0. The van der Waals surface area contributed by atoms with E-state index >= 15 is 0 Å². The first-order chi connectivity index (χ1) is 10.5. The van der Waals surface area contributed by atoms with E-state index in [1.54, 1.807) is 0 Å². The molecule has 0 spiro atoms. The maximum atomic E-state index is 11.5. The summed E-state index contributed by atoms with van der Waals surface area (Å²) in [6, 6.07) is 10.2. The minimum Gasteiger partial charge on any atom is -0.357 e. The lowest BCUT2D eigenvalue weighted by Crippen LogP contribution is -2.38. The number of hydrogen-bond donors (Lipinski definition) is 1. The molecule has 7 heteroatoms. The standard InChI is InChI=1S/C16H25N3O2S.HI/c1-3-17-16(18-11-15-9-10-22(20,21)13-15)19(2)12-14-7-5-4-6-8-14;/h4-8,15H,3,9-13H2,1-2H3,(H,17,18);1H. The van der Waals surface area contributed by atoms with Crippen molar-refractivity contribution >= 4 is 39.8 Å². The van der Waals surface area contributed by atoms with E-state index in [-0.39, 0.29) is 35.6 Å². The fourth-order valence-corrected chi connectivity index (χ4v) is 4.48. The van der Waals surface area contributed by atoms with E-state index in [9.17, 15) is 8.42 Å². The van der Waals surface area contributed by atoms with Crippen LogP contribution in [0.5, 0.6) is 0 Å². The number of benzene rings is 1. The van der Waals surface area contributed by atoms with Crippen molar-refractivity contribution in [2.75, 3.05) is 31.6 Å². The van der Waals surface area contributed by atoms with Gasteiger partial charge in [0.05, 0.1) is 11.5 Å². The molecule has 1 aliphatic heterocycles. The summed E-state index contributed by atoms with van der Waals surface area (Å²) in [5, 5.41) is 3.27. The predicted molar refractivity (Wildman–Crippen MR) is 106 cm³/mol. The third-order valence-corrected chi connectivity index (χ3v) is 5.62. The van der Waals surface area contributed by atoms with Crippen LogP contribution in [0.2, 0.25) is 0 Å². The average molecular weight is 451 g/mol. The van der Waals surface area contributed by atoms with Crippen molar-refractivity contribution < 1.29 is 8.42 Å². The molecule has 0 aliphatic carbocycles. The Bertz CT molecular complexity index is 605. The number of rotatable bonds is 5. The van der Waals surface area contributed by atoms with Gasteiger partial charge in [0.1, 0.15) is 0 Å². The predicted octanol–water partition coefficient (Wildman–Crippen LogP) is 2.14. The molecule has 1 fully saturated rings. The SMILES string of the molecule is CCNC(=NCC1CCS(=O)(=O)C1)N(C)Cc1ccccc1.I. The van der Waals surface area contributed by atoms with Gasteiger partial charge in [-0.25, -0.2) is 8.42 Å². The summed E-state index contributed by atoms with van der Waals surface area (Å²) in [5.41, 5.74) is 1.22. The molecule has 1 N–H and O–H groups in total. The maximum absolute atomic E-state index is 11.5. The lowest BCUT2D eigenvalue weighted by molar-refractivity contribution is 0.472. The molecule has 0 amide bonds. The van der Waals surface area contributed by atoms with Gasteiger partial charge in [-0.05, 0) is 24.8 Å². The summed E-state index contributed by atoms with van der Waals surface area (Å²) >= 11 is 0. The van der Waals surface area contributed by atoms with Gasteiger partial charge in [-0.1, -0.05) is 30.3 Å². The van der Waals surface area contributed by atoms with Gasteiger partial charge in [0.15, 0.2) is 15.8 Å². The minimum absolute atomic E-state index is 0. The molecule has 1 atom stereocenters. The third kappa shape index (κ3) is 6.66. The zero-order chi connectivity index (χ0) is 16.0. The monoisotopic (exact) mass is 451 g/mol. The van der Waals surface area contributed by atoms with Crippen LogP contribution in [-0.4, -0.2) is 50.9 Å². The van der Waals surface area contributed by atoms with Gasteiger partial charge in [0.25, 0.3) is 0 Å². The lowest BCUT2D eigenvalue weighted by Gasteiger charge is -2.22. The van der Waals surface area contributed by atoms with Crippen LogP contribution in [-0.2, 0) is 16.4 Å². The largest absolute Gasteiger partial charge is 0.357 e. The first kappa shape index (κ1) is 20.2. The molecule has 0 radical (unpaired) electrons. The van der Waals surface area contributed by atoms with Crippen LogP contribution in [0.1, 0.15) is 18.9 Å². The van der Waals surface area contributed by atoms with E-state index < -0.39 is 9.84 Å². The van der Waals surface area contributed by atoms with Gasteiger partial charge in [-0.15, -0.1) is 24.0 Å². The quantitative estimate of drug-likeness (QED) is 0.424. The molecule has 1 aromatic rings. The van der Waals surface area contributed by atoms with Crippen molar-refractivity contribution in [2.24, 2.45) is 10.9 Å². The zero-order valence-corrected chi connectivity index (χ0v) is 16.9. The Morgan fingerprint density at radius 1 is 1.35 bits per heavy atom. The molecule has 1 unspecified atom stereocenters. The molecular weight excluding hydrogens is 425 g/mol. The molecular formula is C16H26IN3O2S. The molecule has 1 heterocycles. The van der Waals surface area contributed by atoms with Gasteiger partial charge >= 0.3 is 0 Å². The molecule has 2 rings (SSSR count). The van der Waals surface area contributed by atoms with Crippen LogP contribution in [0.4, 0.5) is 0 Å². The summed E-state index contributed by atoms with van der Waals surface area (Å²) in [4.78, 5) is 6.70. The lowest BCUT2D eigenvalue weighted by atomic mass is 10.1. The van der Waals surface area contributed by atoms with E-state index in [0.717, 1.165) is 25.5 Å². The number of nitrogens with zero attached hydrogens (tertiary/aromatic N) is 2. The number of hydrogen-bond acceptors (Lipinski definition) is 3. The fourth-order valence-electron chi connectivity index (χ4n) is 2.63. The fraction of sp³-hybridized carbons (Fsp3) is 0.562. The molecule has 23 heavy (non-hydrogen) atoms. The Morgan fingerprint density at radius 3 is 2.61 bits per heavy atom. The second-order valence-corrected chi connectivity index (χ2v) is 8.03. The minimum atomic E-state index is -2.83. The Balaban J connectivity index is 0.00000264. The summed E-state index contributed by atoms with van der Waals surface area (Å²) in [6.07, 6.45) is 0.730. The van der Waals surface area contributed by atoms with Crippen LogP contribution in [0, 0.1) is 5.92 Å². The number of guanidine groups is 1. The van der Waals surface area contributed by atoms with E-state index in [1.807, 2.05) is 32.2 Å². The second-order valence-electron chi connectivity index (χ2n) is 5.81. The maximum Gasteiger partial charge on any atom is 0.193 e. The second kappa shape index (κ2) is 9.46. The van der Waals surface area contributed by atoms with Crippen molar-refractivity contribution in [1.29, 1.82) is 0 Å². The van der Waals surface area contributed by atoms with Gasteiger partial charge in [0.2, 0.25) is 0 Å². The number of nitrogens with one attached hydrogen (secondary N) is 1. The van der Waals surface area contributed by atoms with E-state index in [1.165, 1.54) is 5.56 Å². The first-order valence-corrected chi connectivity index (χ1v) is 9.56. The molecule has 130 valence electrons. The van der Waals surface area contributed by atoms with Crippen molar-refractivity contribution in [1.82, 2.24) is 10.2 Å². The summed E-state index contributed by atoms with van der Waals surface area (Å²) in [5.74, 6) is 1.57. The van der Waals surface area contributed by atoms with Gasteiger partial charge in [-0.2, -0.15) is 0 Å². The molecule has 0 saturated carbocycles. The Kier molecular flexibility index (Phi) is 8.32. The van der Waals surface area contributed by atoms with Gasteiger partial charge in [-0.3, -0.25) is 4.99 Å². The molecule has 1 aromatic carbocycles. The van der Waals surface area contributed by atoms with Crippen molar-refractivity contribution in [3.05, 3.63) is 35.9 Å². The Morgan fingerprint density at radius 2 is 2.04 bits per heavy atom. The van der Waals surface area contributed by atoms with E-state index in [4.69, 9.17) is 0 Å². The third-order valence-electron chi connectivity index (χ3n) is 3.79. The van der Waals surface area contributed by atoms with Crippen molar-refractivity contribution in [3.63, 3.8) is 0 Å². The summed E-state index contributed by atoms with van der Waals surface area (Å²) in [7, 11) is -0.828. The smallest absolute Gasteiger partial charge is 0.193 e. The van der Waals surface area contributed by atoms with Gasteiger partial charge < -0.3 is 10.2 Å². The van der Waals surface area contributed by atoms with Crippen LogP contribution in [0.15, 0.2) is 35.3 Å². The number of halogens is 1. The molecule has 5 nitrogen and oxygen atoms in total. The molecule has 0 aromatic heterocycles. The van der Waals surface area contributed by atoms with Crippen LogP contribution in [0.25, 0.3) is 0 Å². The van der Waals surface area contributed by atoms with Gasteiger partial charge in [0, 0.05) is 26.7 Å². The van der Waals surface area contributed by atoms with Crippen molar-refractivity contribution in [2.45, 2.75) is 19.9 Å². The Hall–Kier alpha value is -0.830. The molecule has 1 aliphatic rings. The van der Waals surface area contributed by atoms with Crippen LogP contribution < -0.4 is 5.32 Å². The highest BCUT2D eigenvalue weighted by molar-refractivity contribution is 14.0. The Labute approximate surface area is 156 Å². The zero-order valence-electron chi connectivity index (χ0n) is 13.7. The topological polar surface area (TPSA) is 61.8 Å². The normalized spacial score (nSPS) is 19.9. The number of sulfone groups is 1. The molecule has 1 saturated heterocycles. The van der Waals surface area contributed by atoms with E-state index in [0.29, 0.717) is 12.3 Å². The molecule has 0 bridgehead atoms. The van der Waals surface area contributed by atoms with Crippen LogP contribution in [0.3, 0.4) is 0 Å². The average Bonchev–Trinajstić information content (AvgIpc) is 2.83. The van der Waals surface area contributed by atoms with Crippen molar-refractivity contribution in [3.8, 4) is 0 Å². The number of aliphatic imine (C=N–C) groups is 1. The summed E-state index contributed by atoms with van der Waals surface area (Å²) in [6.45, 7) is 4.17. The highest BCUT2D eigenvalue weighted by Gasteiger charge is 2.27. The highest BCUT2D eigenvalue weighted by Crippen LogP contribution is 2.18. The van der Waals surface area contributed by atoms with E-state index in [2.05, 4.69) is 27.3 Å². The van der Waals surface area contributed by atoms with Crippen LogP contribution >= 0.6 is 24.0 Å².